The van der Waals surface area contributed by atoms with Gasteiger partial charge in [0.1, 0.15) is 24.4 Å². The molecule has 1 fully saturated rings. The van der Waals surface area contributed by atoms with Gasteiger partial charge in [-0.05, 0) is 70.6 Å². The average Bonchev–Trinajstić information content (AvgIpc) is 3.29. The summed E-state index contributed by atoms with van der Waals surface area (Å²) >= 11 is 0. The van der Waals surface area contributed by atoms with Gasteiger partial charge in [-0.2, -0.15) is 0 Å². The van der Waals surface area contributed by atoms with Gasteiger partial charge in [-0.1, -0.05) is 210 Å². The van der Waals surface area contributed by atoms with Crippen molar-refractivity contribution in [2.24, 2.45) is 0 Å². The topological polar surface area (TPSA) is 149 Å². The first kappa shape index (κ1) is 60.2. The monoisotopic (exact) mass is 904 g/mol. The second kappa shape index (κ2) is 45.0. The fourth-order valence-electron chi connectivity index (χ4n) is 8.30. The number of hydrogen-bond donors (Lipinski definition) is 6. The zero-order chi connectivity index (χ0) is 46.6. The molecule has 0 aromatic rings. The number of aliphatic hydroxyl groups excluding tert-OH is 5. The number of carbonyl (C=O) groups excluding carboxylic acids is 1. The van der Waals surface area contributed by atoms with Crippen molar-refractivity contribution in [1.82, 2.24) is 5.32 Å². The molecule has 374 valence electrons. The van der Waals surface area contributed by atoms with Gasteiger partial charge in [0.25, 0.3) is 0 Å². The summed E-state index contributed by atoms with van der Waals surface area (Å²) in [7, 11) is 0. The summed E-state index contributed by atoms with van der Waals surface area (Å²) in [6, 6.07) is -0.831. The fourth-order valence-corrected chi connectivity index (χ4v) is 8.30. The quantitative estimate of drug-likeness (QED) is 0.0261. The number of rotatable bonds is 45. The number of ether oxygens (including phenoxy) is 2. The normalized spacial score (nSPS) is 20.4. The van der Waals surface area contributed by atoms with Crippen LogP contribution in [0.1, 0.15) is 239 Å². The highest BCUT2D eigenvalue weighted by atomic mass is 16.7. The lowest BCUT2D eigenvalue weighted by atomic mass is 9.99. The van der Waals surface area contributed by atoms with Crippen LogP contribution in [0.15, 0.2) is 48.6 Å². The molecule has 7 atom stereocenters. The Hall–Kier alpha value is -1.85. The molecule has 7 unspecified atom stereocenters. The van der Waals surface area contributed by atoms with Gasteiger partial charge in [-0.3, -0.25) is 4.79 Å². The van der Waals surface area contributed by atoms with E-state index in [4.69, 9.17) is 9.47 Å². The van der Waals surface area contributed by atoms with Crippen LogP contribution in [0, 0.1) is 0 Å². The number of nitrogens with one attached hydrogen (secondary N) is 1. The van der Waals surface area contributed by atoms with Crippen LogP contribution >= 0.6 is 0 Å². The summed E-state index contributed by atoms with van der Waals surface area (Å²) in [5.74, 6) is -0.195. The van der Waals surface area contributed by atoms with Crippen molar-refractivity contribution in [3.63, 3.8) is 0 Å². The second-order valence-electron chi connectivity index (χ2n) is 18.6. The molecule has 1 aliphatic rings. The van der Waals surface area contributed by atoms with Crippen molar-refractivity contribution >= 4 is 5.91 Å². The Morgan fingerprint density at radius 3 is 1.31 bits per heavy atom. The van der Waals surface area contributed by atoms with Crippen molar-refractivity contribution in [2.45, 2.75) is 281 Å². The number of allylic oxidation sites excluding steroid dienone is 7. The highest BCUT2D eigenvalue weighted by Crippen LogP contribution is 2.23. The molecule has 6 N–H and O–H groups in total. The molecule has 1 heterocycles. The lowest BCUT2D eigenvalue weighted by Crippen LogP contribution is -2.60. The Bertz CT molecular complexity index is 1140. The van der Waals surface area contributed by atoms with Crippen molar-refractivity contribution < 1.29 is 39.8 Å². The largest absolute Gasteiger partial charge is 0.394 e. The van der Waals surface area contributed by atoms with Crippen LogP contribution in [0.4, 0.5) is 0 Å². The zero-order valence-electron chi connectivity index (χ0n) is 41.3. The molecule has 0 aliphatic carbocycles. The first-order valence-electron chi connectivity index (χ1n) is 26.9. The summed E-state index contributed by atoms with van der Waals surface area (Å²) in [4.78, 5) is 13.0. The Labute approximate surface area is 393 Å². The van der Waals surface area contributed by atoms with Crippen molar-refractivity contribution in [3.8, 4) is 0 Å². The van der Waals surface area contributed by atoms with Gasteiger partial charge in [0, 0.05) is 6.42 Å². The molecule has 0 saturated carbocycles. The maximum Gasteiger partial charge on any atom is 0.220 e. The second-order valence-corrected chi connectivity index (χ2v) is 18.6. The molecule has 1 amide bonds. The van der Waals surface area contributed by atoms with Crippen LogP contribution in [-0.2, 0) is 14.3 Å². The predicted molar refractivity (Wildman–Crippen MR) is 267 cm³/mol. The molecular weight excluding hydrogens is 803 g/mol. The van der Waals surface area contributed by atoms with Gasteiger partial charge in [0.2, 0.25) is 5.91 Å². The lowest BCUT2D eigenvalue weighted by Gasteiger charge is -2.40. The SMILES string of the molecule is CCCCCCCCC/C=C\CCCCCCCCCC(=O)NC(COC1OC(CO)C(O)C(O)C1O)C(O)/C=C/CC/C=C/CC/C=C/CCCCCCCCCCCCCCC. The minimum absolute atomic E-state index is 0.195. The van der Waals surface area contributed by atoms with Crippen LogP contribution in [0.2, 0.25) is 0 Å². The van der Waals surface area contributed by atoms with Gasteiger partial charge < -0.3 is 40.3 Å². The molecule has 0 bridgehead atoms. The first-order valence-corrected chi connectivity index (χ1v) is 26.9. The van der Waals surface area contributed by atoms with E-state index in [1.54, 1.807) is 6.08 Å². The van der Waals surface area contributed by atoms with Crippen LogP contribution in [0.5, 0.6) is 0 Å². The summed E-state index contributed by atoms with van der Waals surface area (Å²) in [5, 5.41) is 54.4. The smallest absolute Gasteiger partial charge is 0.220 e. The molecule has 0 radical (unpaired) electrons. The van der Waals surface area contributed by atoms with Crippen LogP contribution in [0.25, 0.3) is 0 Å². The number of unbranched alkanes of at least 4 members (excludes halogenated alkanes) is 29. The predicted octanol–water partition coefficient (Wildman–Crippen LogP) is 12.6. The zero-order valence-corrected chi connectivity index (χ0v) is 41.3. The Morgan fingerprint density at radius 2 is 0.891 bits per heavy atom. The van der Waals surface area contributed by atoms with Crippen LogP contribution < -0.4 is 5.32 Å². The summed E-state index contributed by atoms with van der Waals surface area (Å²) in [6.45, 7) is 3.76. The van der Waals surface area contributed by atoms with E-state index in [2.05, 4.69) is 55.6 Å². The molecule has 9 nitrogen and oxygen atoms in total. The highest BCUT2D eigenvalue weighted by Gasteiger charge is 2.44. The Morgan fingerprint density at radius 1 is 0.516 bits per heavy atom. The molecule has 9 heteroatoms. The summed E-state index contributed by atoms with van der Waals surface area (Å²) < 4.78 is 11.2. The van der Waals surface area contributed by atoms with Crippen molar-refractivity contribution in [1.29, 1.82) is 0 Å². The highest BCUT2D eigenvalue weighted by molar-refractivity contribution is 5.76. The third-order valence-electron chi connectivity index (χ3n) is 12.6. The van der Waals surface area contributed by atoms with Gasteiger partial charge in [-0.15, -0.1) is 0 Å². The van der Waals surface area contributed by atoms with Gasteiger partial charge in [-0.25, -0.2) is 0 Å². The fraction of sp³-hybridized carbons (Fsp3) is 0.836. The molecule has 1 saturated heterocycles. The van der Waals surface area contributed by atoms with Crippen LogP contribution in [-0.4, -0.2) is 87.5 Å². The molecular formula is C55H101NO8. The third-order valence-corrected chi connectivity index (χ3v) is 12.6. The number of aliphatic hydroxyl groups is 5. The number of hydrogen-bond acceptors (Lipinski definition) is 8. The van der Waals surface area contributed by atoms with E-state index in [9.17, 15) is 30.3 Å². The van der Waals surface area contributed by atoms with Gasteiger partial charge >= 0.3 is 0 Å². The van der Waals surface area contributed by atoms with E-state index >= 15 is 0 Å². The Balaban J connectivity index is 2.32. The average molecular weight is 904 g/mol. The van der Waals surface area contributed by atoms with E-state index in [1.807, 2.05) is 6.08 Å². The summed E-state index contributed by atoms with van der Waals surface area (Å²) in [6.07, 6.45) is 51.7. The van der Waals surface area contributed by atoms with Gasteiger partial charge in [0.05, 0.1) is 25.4 Å². The van der Waals surface area contributed by atoms with E-state index in [0.29, 0.717) is 6.42 Å². The van der Waals surface area contributed by atoms with E-state index < -0.39 is 49.5 Å². The Kier molecular flexibility index (Phi) is 42.3. The minimum atomic E-state index is -1.58. The number of amides is 1. The van der Waals surface area contributed by atoms with Crippen LogP contribution in [0.3, 0.4) is 0 Å². The maximum absolute atomic E-state index is 13.0. The maximum atomic E-state index is 13.0. The van der Waals surface area contributed by atoms with E-state index in [-0.39, 0.29) is 12.5 Å². The summed E-state index contributed by atoms with van der Waals surface area (Å²) in [5.41, 5.74) is 0. The number of carbonyl (C=O) groups is 1. The van der Waals surface area contributed by atoms with E-state index in [1.165, 1.54) is 161 Å². The molecule has 0 aromatic heterocycles. The molecule has 0 aromatic carbocycles. The molecule has 0 spiro atoms. The molecule has 1 rings (SSSR count). The van der Waals surface area contributed by atoms with Gasteiger partial charge in [0.15, 0.2) is 6.29 Å². The molecule has 1 aliphatic heterocycles. The van der Waals surface area contributed by atoms with Crippen molar-refractivity contribution in [3.05, 3.63) is 48.6 Å². The van der Waals surface area contributed by atoms with Crippen molar-refractivity contribution in [2.75, 3.05) is 13.2 Å². The first-order chi connectivity index (χ1) is 31.3. The minimum Gasteiger partial charge on any atom is -0.394 e. The third kappa shape index (κ3) is 34.5. The van der Waals surface area contributed by atoms with E-state index in [0.717, 1.165) is 57.8 Å². The standard InChI is InChI=1S/C55H101NO8/c1-3-5-7-9-11-13-15-17-19-21-23-24-25-26-27-28-30-32-34-36-38-40-42-44-49(58)48(47-63-55-54(62)53(61)52(60)50(46-57)64-55)56-51(59)45-43-41-39-37-35-33-31-29-22-20-18-16-14-12-10-8-6-4-2/h20,22,27-28,34,36,42,44,48-50,52-55,57-58,60-62H,3-19,21,23-26,29-33,35,37-41,43,45-47H2,1-2H3,(H,56,59)/b22-20-,28-27+,36-34+,44-42+. The lowest BCUT2D eigenvalue weighted by molar-refractivity contribution is -0.302. The molecule has 64 heavy (non-hydrogen) atoms.